The van der Waals surface area contributed by atoms with Crippen LogP contribution < -0.4 is 5.32 Å². The molecule has 0 aliphatic heterocycles. The fraction of sp³-hybridized carbons (Fsp3) is 0.533. The summed E-state index contributed by atoms with van der Waals surface area (Å²) in [5, 5.41) is 13.6. The molecule has 2 rings (SSSR count). The van der Waals surface area contributed by atoms with Crippen LogP contribution in [0.1, 0.15) is 99.0 Å². The van der Waals surface area contributed by atoms with E-state index in [1.807, 2.05) is 54.6 Å². The van der Waals surface area contributed by atoms with E-state index in [2.05, 4.69) is 12.2 Å². The van der Waals surface area contributed by atoms with Crippen molar-refractivity contribution in [3.63, 3.8) is 0 Å². The highest BCUT2D eigenvalue weighted by Crippen LogP contribution is 2.13. The fourth-order valence-corrected chi connectivity index (χ4v) is 4.14. The minimum Gasteiger partial charge on any atom is -0.479 e. The van der Waals surface area contributed by atoms with Gasteiger partial charge in [-0.1, -0.05) is 114 Å². The third-order valence-corrected chi connectivity index (χ3v) is 6.21. The topological polar surface area (TPSA) is 78.9 Å². The van der Waals surface area contributed by atoms with Crippen molar-refractivity contribution in [2.75, 3.05) is 13.2 Å². The summed E-state index contributed by atoms with van der Waals surface area (Å²) in [5.74, 6) is -1.07. The zero-order valence-corrected chi connectivity index (χ0v) is 21.9. The smallest absolute Gasteiger partial charge is 0.331 e. The molecule has 6 heteroatoms. The fourth-order valence-electron chi connectivity index (χ4n) is 4.14. The molecule has 198 valence electrons. The second kappa shape index (κ2) is 18.6. The molecule has 1 amide bonds. The van der Waals surface area contributed by atoms with E-state index in [1.54, 1.807) is 5.06 Å². The lowest BCUT2D eigenvalue weighted by Crippen LogP contribution is -2.26. The van der Waals surface area contributed by atoms with Gasteiger partial charge in [0.15, 0.2) is 6.61 Å². The molecule has 2 aromatic carbocycles. The molecule has 2 N–H and O–H groups in total. The molecule has 0 spiro atoms. The van der Waals surface area contributed by atoms with Crippen LogP contribution >= 0.6 is 0 Å². The number of nitrogens with zero attached hydrogens (tertiary/aromatic N) is 1. The summed E-state index contributed by atoms with van der Waals surface area (Å²) in [6.07, 6.45) is 14.2. The highest BCUT2D eigenvalue weighted by atomic mass is 16.7. The van der Waals surface area contributed by atoms with E-state index in [0.29, 0.717) is 25.2 Å². The van der Waals surface area contributed by atoms with E-state index in [0.717, 1.165) is 24.0 Å². The van der Waals surface area contributed by atoms with Crippen LogP contribution in [0.4, 0.5) is 0 Å². The van der Waals surface area contributed by atoms with Crippen molar-refractivity contribution in [2.24, 2.45) is 0 Å². The second-order valence-electron chi connectivity index (χ2n) is 9.44. The number of aliphatic carboxylic acids is 1. The Morgan fingerprint density at radius 2 is 1.28 bits per heavy atom. The lowest BCUT2D eigenvalue weighted by molar-refractivity contribution is -0.190. The molecule has 0 atom stereocenters. The van der Waals surface area contributed by atoms with Crippen molar-refractivity contribution >= 4 is 11.9 Å². The Bertz CT molecular complexity index is 855. The normalized spacial score (nSPS) is 11.1. The summed E-state index contributed by atoms with van der Waals surface area (Å²) < 4.78 is 0. The Balaban J connectivity index is 1.65. The van der Waals surface area contributed by atoms with Crippen molar-refractivity contribution in [1.29, 1.82) is 0 Å². The van der Waals surface area contributed by atoms with Crippen LogP contribution in [0.25, 0.3) is 0 Å². The molecule has 2 aromatic rings. The minimum absolute atomic E-state index is 0.0584. The summed E-state index contributed by atoms with van der Waals surface area (Å²) in [7, 11) is 0. The Kier molecular flexibility index (Phi) is 15.2. The average molecular weight is 497 g/mol. The van der Waals surface area contributed by atoms with Gasteiger partial charge in [-0.05, 0) is 29.7 Å². The minimum atomic E-state index is -1.02. The van der Waals surface area contributed by atoms with Gasteiger partial charge in [-0.25, -0.2) is 4.79 Å². The number of unbranched alkanes of at least 4 members (excludes halogenated alkanes) is 10. The van der Waals surface area contributed by atoms with Crippen LogP contribution in [0.2, 0.25) is 0 Å². The molecule has 36 heavy (non-hydrogen) atoms. The Morgan fingerprint density at radius 3 is 1.83 bits per heavy atom. The number of nitrogens with one attached hydrogen (secondary N) is 1. The number of carboxylic acids is 1. The Hall–Kier alpha value is -2.70. The van der Waals surface area contributed by atoms with E-state index in [4.69, 9.17) is 9.94 Å². The highest BCUT2D eigenvalue weighted by molar-refractivity contribution is 5.94. The number of carbonyl (C=O) groups excluding carboxylic acids is 1. The number of amides is 1. The van der Waals surface area contributed by atoms with Gasteiger partial charge in [0.05, 0.1) is 0 Å². The first kappa shape index (κ1) is 29.5. The zero-order chi connectivity index (χ0) is 25.8. The van der Waals surface area contributed by atoms with E-state index in [9.17, 15) is 9.59 Å². The number of hydroxylamine groups is 2. The number of rotatable bonds is 20. The third-order valence-electron chi connectivity index (χ3n) is 6.21. The predicted octanol–water partition coefficient (Wildman–Crippen LogP) is 6.75. The van der Waals surface area contributed by atoms with Gasteiger partial charge < -0.3 is 10.4 Å². The van der Waals surface area contributed by atoms with E-state index < -0.39 is 12.6 Å². The molecule has 6 nitrogen and oxygen atoms in total. The lowest BCUT2D eigenvalue weighted by Gasteiger charge is -2.21. The molecule has 0 heterocycles. The number of benzene rings is 2. The summed E-state index contributed by atoms with van der Waals surface area (Å²) in [4.78, 5) is 28.9. The molecule has 0 saturated carbocycles. The highest BCUT2D eigenvalue weighted by Gasteiger charge is 2.11. The van der Waals surface area contributed by atoms with Crippen LogP contribution in [0.3, 0.4) is 0 Å². The van der Waals surface area contributed by atoms with E-state index in [-0.39, 0.29) is 5.91 Å². The molecule has 0 saturated heterocycles. The van der Waals surface area contributed by atoms with Gasteiger partial charge in [-0.2, -0.15) is 5.06 Å². The van der Waals surface area contributed by atoms with Crippen LogP contribution in [-0.4, -0.2) is 35.2 Å². The van der Waals surface area contributed by atoms with Gasteiger partial charge in [0, 0.05) is 25.2 Å². The zero-order valence-electron chi connectivity index (χ0n) is 21.9. The molecule has 0 radical (unpaired) electrons. The van der Waals surface area contributed by atoms with Gasteiger partial charge in [-0.15, -0.1) is 0 Å². The van der Waals surface area contributed by atoms with E-state index >= 15 is 0 Å². The maximum Gasteiger partial charge on any atom is 0.331 e. The van der Waals surface area contributed by atoms with Crippen LogP contribution in [0, 0.1) is 0 Å². The summed E-state index contributed by atoms with van der Waals surface area (Å²) >= 11 is 0. The SMILES string of the molecule is CCCCCCCCCCCCCNC(=O)c1ccc(CN(Cc2ccccc2)OCC(=O)O)cc1. The number of hydrogen-bond donors (Lipinski definition) is 2. The van der Waals surface area contributed by atoms with Gasteiger partial charge >= 0.3 is 5.97 Å². The predicted molar refractivity (Wildman–Crippen MR) is 145 cm³/mol. The first-order valence-electron chi connectivity index (χ1n) is 13.6. The lowest BCUT2D eigenvalue weighted by atomic mass is 10.1. The molecule has 0 aromatic heterocycles. The first-order valence-corrected chi connectivity index (χ1v) is 13.6. The van der Waals surface area contributed by atoms with Crippen LogP contribution in [0.5, 0.6) is 0 Å². The van der Waals surface area contributed by atoms with E-state index in [1.165, 1.54) is 57.8 Å². The molecule has 0 aliphatic carbocycles. The van der Waals surface area contributed by atoms with Gasteiger partial charge in [0.1, 0.15) is 0 Å². The molecular weight excluding hydrogens is 452 g/mol. The number of hydrogen-bond acceptors (Lipinski definition) is 4. The van der Waals surface area contributed by atoms with Crippen molar-refractivity contribution in [3.05, 3.63) is 71.3 Å². The van der Waals surface area contributed by atoms with Gasteiger partial charge in [-0.3, -0.25) is 9.63 Å². The molecule has 0 aliphatic rings. The maximum absolute atomic E-state index is 12.5. The van der Waals surface area contributed by atoms with Crippen molar-refractivity contribution in [3.8, 4) is 0 Å². The second-order valence-corrected chi connectivity index (χ2v) is 9.44. The maximum atomic E-state index is 12.5. The van der Waals surface area contributed by atoms with Gasteiger partial charge in [0.2, 0.25) is 0 Å². The van der Waals surface area contributed by atoms with Crippen molar-refractivity contribution in [1.82, 2.24) is 10.4 Å². The Labute approximate surface area is 217 Å². The summed E-state index contributed by atoms with van der Waals surface area (Å²) in [6.45, 7) is 3.44. The molecule has 0 unspecified atom stereocenters. The molecule has 0 fully saturated rings. The standard InChI is InChI=1S/C30H44N2O4/c1-2-3-4-5-6-7-8-9-10-11-15-22-31-30(35)28-20-18-27(19-21-28)24-32(36-25-29(33)34)23-26-16-13-12-14-17-26/h12-14,16-21H,2-11,15,22-25H2,1H3,(H,31,35)(H,33,34). The number of carboxylic acid groups (broad SMARTS) is 1. The summed E-state index contributed by atoms with van der Waals surface area (Å²) in [5.41, 5.74) is 2.60. The van der Waals surface area contributed by atoms with Crippen molar-refractivity contribution in [2.45, 2.75) is 90.6 Å². The van der Waals surface area contributed by atoms with Crippen molar-refractivity contribution < 1.29 is 19.5 Å². The average Bonchev–Trinajstić information content (AvgIpc) is 2.89. The van der Waals surface area contributed by atoms with Gasteiger partial charge in [0.25, 0.3) is 5.91 Å². The third kappa shape index (κ3) is 13.4. The largest absolute Gasteiger partial charge is 0.479 e. The first-order chi connectivity index (χ1) is 17.6. The Morgan fingerprint density at radius 1 is 0.750 bits per heavy atom. The van der Waals surface area contributed by atoms with Crippen LogP contribution in [0.15, 0.2) is 54.6 Å². The number of carbonyl (C=O) groups is 2. The monoisotopic (exact) mass is 496 g/mol. The molecule has 0 bridgehead atoms. The summed E-state index contributed by atoms with van der Waals surface area (Å²) in [6, 6.07) is 17.2. The van der Waals surface area contributed by atoms with Crippen LogP contribution in [-0.2, 0) is 22.7 Å². The molecular formula is C30H44N2O4. The quantitative estimate of drug-likeness (QED) is 0.157.